The van der Waals surface area contributed by atoms with Gasteiger partial charge in [-0.2, -0.15) is 13.2 Å². The largest absolute Gasteiger partial charge is 0.418 e. The molecule has 34 heavy (non-hydrogen) atoms. The summed E-state index contributed by atoms with van der Waals surface area (Å²) < 4.78 is 41.5. The lowest BCUT2D eigenvalue weighted by molar-refractivity contribution is -0.137. The first kappa shape index (κ1) is 23.7. The highest BCUT2D eigenvalue weighted by molar-refractivity contribution is 7.71. The van der Waals surface area contributed by atoms with Gasteiger partial charge in [0.05, 0.1) is 17.8 Å². The zero-order valence-corrected chi connectivity index (χ0v) is 18.8. The van der Waals surface area contributed by atoms with Crippen molar-refractivity contribution in [3.63, 3.8) is 0 Å². The van der Waals surface area contributed by atoms with Crippen LogP contribution in [0.1, 0.15) is 16.1 Å². The van der Waals surface area contributed by atoms with E-state index in [-0.39, 0.29) is 18.1 Å². The van der Waals surface area contributed by atoms with Crippen LogP contribution in [0.2, 0.25) is 0 Å². The Kier molecular flexibility index (Phi) is 6.85. The SMILES string of the molecule is O=C(CN1CCN(C(=O)c2c[nH]c(=S)n2-c2ccccc2)CC1)Nc1ccccc1C(F)(F)F. The molecular weight excluding hydrogens is 467 g/mol. The van der Waals surface area contributed by atoms with Gasteiger partial charge in [-0.3, -0.25) is 19.1 Å². The molecule has 1 fully saturated rings. The summed E-state index contributed by atoms with van der Waals surface area (Å²) in [6.07, 6.45) is -2.98. The van der Waals surface area contributed by atoms with Gasteiger partial charge in [0, 0.05) is 38.1 Å². The van der Waals surface area contributed by atoms with Gasteiger partial charge in [-0.15, -0.1) is 0 Å². The zero-order valence-electron chi connectivity index (χ0n) is 18.0. The van der Waals surface area contributed by atoms with E-state index in [0.717, 1.165) is 11.8 Å². The molecule has 0 aliphatic carbocycles. The molecule has 1 aliphatic heterocycles. The molecule has 3 aromatic rings. The smallest absolute Gasteiger partial charge is 0.336 e. The lowest BCUT2D eigenvalue weighted by Gasteiger charge is -2.34. The van der Waals surface area contributed by atoms with Gasteiger partial charge < -0.3 is 15.2 Å². The maximum Gasteiger partial charge on any atom is 0.418 e. The summed E-state index contributed by atoms with van der Waals surface area (Å²) in [4.78, 5) is 31.9. The molecule has 1 aromatic heterocycles. The summed E-state index contributed by atoms with van der Waals surface area (Å²) in [7, 11) is 0. The Bertz CT molecular complexity index is 1230. The van der Waals surface area contributed by atoms with Crippen LogP contribution in [0.15, 0.2) is 60.8 Å². The molecule has 4 rings (SSSR count). The highest BCUT2D eigenvalue weighted by Gasteiger charge is 2.34. The third kappa shape index (κ3) is 5.20. The molecule has 2 heterocycles. The third-order valence-corrected chi connectivity index (χ3v) is 5.84. The van der Waals surface area contributed by atoms with Gasteiger partial charge in [0.2, 0.25) is 5.91 Å². The van der Waals surface area contributed by atoms with Crippen LogP contribution in [0.3, 0.4) is 0 Å². The molecule has 1 aliphatic rings. The fraction of sp³-hybridized carbons (Fsp3) is 0.261. The summed E-state index contributed by atoms with van der Waals surface area (Å²) in [5, 5.41) is 2.35. The number of amides is 2. The number of nitrogens with zero attached hydrogens (tertiary/aromatic N) is 3. The fourth-order valence-corrected chi connectivity index (χ4v) is 4.13. The lowest BCUT2D eigenvalue weighted by Crippen LogP contribution is -2.50. The van der Waals surface area contributed by atoms with Gasteiger partial charge in [-0.1, -0.05) is 30.3 Å². The van der Waals surface area contributed by atoms with Crippen LogP contribution in [0.5, 0.6) is 0 Å². The van der Waals surface area contributed by atoms with Crippen LogP contribution >= 0.6 is 12.2 Å². The normalized spacial score (nSPS) is 14.7. The van der Waals surface area contributed by atoms with Crippen molar-refractivity contribution >= 4 is 29.7 Å². The summed E-state index contributed by atoms with van der Waals surface area (Å²) in [5.74, 6) is -0.737. The van der Waals surface area contributed by atoms with Crippen LogP contribution < -0.4 is 5.32 Å². The van der Waals surface area contributed by atoms with Crippen molar-refractivity contribution in [1.29, 1.82) is 0 Å². The highest BCUT2D eigenvalue weighted by atomic mass is 32.1. The number of anilines is 1. The summed E-state index contributed by atoms with van der Waals surface area (Å²) in [5.41, 5.74) is 0.0160. The zero-order chi connectivity index (χ0) is 24.3. The number of aromatic nitrogens is 2. The Morgan fingerprint density at radius 2 is 1.62 bits per heavy atom. The van der Waals surface area contributed by atoms with E-state index in [1.54, 1.807) is 20.6 Å². The van der Waals surface area contributed by atoms with Crippen LogP contribution in [-0.4, -0.2) is 63.9 Å². The second-order valence-electron chi connectivity index (χ2n) is 7.81. The minimum absolute atomic E-state index is 0.0707. The van der Waals surface area contributed by atoms with Crippen LogP contribution in [-0.2, 0) is 11.0 Å². The second kappa shape index (κ2) is 9.82. The van der Waals surface area contributed by atoms with Crippen molar-refractivity contribution < 1.29 is 22.8 Å². The third-order valence-electron chi connectivity index (χ3n) is 5.54. The van der Waals surface area contributed by atoms with E-state index in [1.807, 2.05) is 30.3 Å². The second-order valence-corrected chi connectivity index (χ2v) is 8.20. The molecule has 2 aromatic carbocycles. The number of hydrogen-bond acceptors (Lipinski definition) is 4. The van der Waals surface area contributed by atoms with E-state index >= 15 is 0 Å². The molecule has 7 nitrogen and oxygen atoms in total. The minimum atomic E-state index is -4.56. The van der Waals surface area contributed by atoms with Crippen molar-refractivity contribution in [2.75, 3.05) is 38.0 Å². The monoisotopic (exact) mass is 489 g/mol. The Balaban J connectivity index is 1.36. The molecule has 0 bridgehead atoms. The number of imidazole rings is 1. The minimum Gasteiger partial charge on any atom is -0.336 e. The number of nitrogens with one attached hydrogen (secondary N) is 2. The van der Waals surface area contributed by atoms with Gasteiger partial charge >= 0.3 is 6.18 Å². The van der Waals surface area contributed by atoms with Gasteiger partial charge in [-0.25, -0.2) is 0 Å². The van der Waals surface area contributed by atoms with E-state index < -0.39 is 17.6 Å². The Labute approximate surface area is 198 Å². The number of hydrogen-bond donors (Lipinski definition) is 2. The number of rotatable bonds is 5. The predicted octanol–water partition coefficient (Wildman–Crippen LogP) is 3.95. The van der Waals surface area contributed by atoms with Crippen LogP contribution in [0.25, 0.3) is 5.69 Å². The van der Waals surface area contributed by atoms with Gasteiger partial charge in [0.15, 0.2) is 4.77 Å². The fourth-order valence-electron chi connectivity index (χ4n) is 3.86. The number of benzene rings is 2. The van der Waals surface area contributed by atoms with E-state index in [1.165, 1.54) is 18.2 Å². The highest BCUT2D eigenvalue weighted by Crippen LogP contribution is 2.34. The molecule has 0 saturated carbocycles. The van der Waals surface area contributed by atoms with Crippen LogP contribution in [0.4, 0.5) is 18.9 Å². The molecule has 2 amide bonds. The molecule has 0 spiro atoms. The number of alkyl halides is 3. The first-order valence-electron chi connectivity index (χ1n) is 10.6. The Morgan fingerprint density at radius 3 is 2.29 bits per heavy atom. The van der Waals surface area contributed by atoms with Crippen molar-refractivity contribution in [2.24, 2.45) is 0 Å². The standard InChI is InChI=1S/C23H22F3N5O2S/c24-23(25,26)17-8-4-5-9-18(17)28-20(32)15-29-10-12-30(13-11-29)21(33)19-14-27-22(34)31(19)16-6-2-1-3-7-16/h1-9,14H,10-13,15H2,(H,27,34)(H,28,32). The van der Waals surface area contributed by atoms with E-state index in [0.29, 0.717) is 36.6 Å². The lowest BCUT2D eigenvalue weighted by atomic mass is 10.1. The number of carbonyl (C=O) groups is 2. The molecule has 178 valence electrons. The van der Waals surface area contributed by atoms with Gasteiger partial charge in [-0.05, 0) is 36.5 Å². The number of halogens is 3. The average Bonchev–Trinajstić information content (AvgIpc) is 3.20. The average molecular weight is 490 g/mol. The molecule has 2 N–H and O–H groups in total. The molecule has 1 saturated heterocycles. The maximum atomic E-state index is 13.1. The van der Waals surface area contributed by atoms with E-state index in [2.05, 4.69) is 10.3 Å². The molecule has 11 heteroatoms. The van der Waals surface area contributed by atoms with Gasteiger partial charge in [0.1, 0.15) is 5.69 Å². The van der Waals surface area contributed by atoms with E-state index in [4.69, 9.17) is 12.2 Å². The molecule has 0 atom stereocenters. The Hall–Kier alpha value is -3.44. The predicted molar refractivity (Wildman–Crippen MR) is 123 cm³/mol. The van der Waals surface area contributed by atoms with Crippen molar-refractivity contribution in [2.45, 2.75) is 6.18 Å². The number of carbonyl (C=O) groups excluding carboxylic acids is 2. The van der Waals surface area contributed by atoms with Crippen LogP contribution in [0, 0.1) is 4.77 Å². The molecule has 0 unspecified atom stereocenters. The molecule has 0 radical (unpaired) electrons. The number of para-hydroxylation sites is 2. The Morgan fingerprint density at radius 1 is 0.971 bits per heavy atom. The first-order valence-corrected chi connectivity index (χ1v) is 11.0. The summed E-state index contributed by atoms with van der Waals surface area (Å²) in [6.45, 7) is 1.50. The van der Waals surface area contributed by atoms with Crippen molar-refractivity contribution in [3.8, 4) is 5.69 Å². The van der Waals surface area contributed by atoms with Crippen molar-refractivity contribution in [3.05, 3.63) is 76.8 Å². The maximum absolute atomic E-state index is 13.1. The molecular formula is C23H22F3N5O2S. The summed E-state index contributed by atoms with van der Waals surface area (Å²) in [6, 6.07) is 14.2. The van der Waals surface area contributed by atoms with E-state index in [9.17, 15) is 22.8 Å². The van der Waals surface area contributed by atoms with Gasteiger partial charge in [0.25, 0.3) is 5.91 Å². The van der Waals surface area contributed by atoms with Crippen molar-refractivity contribution in [1.82, 2.24) is 19.4 Å². The first-order chi connectivity index (χ1) is 16.2. The summed E-state index contributed by atoms with van der Waals surface area (Å²) >= 11 is 5.34. The quantitative estimate of drug-likeness (QED) is 0.533. The topological polar surface area (TPSA) is 73.4 Å². The number of aromatic amines is 1. The number of piperazine rings is 1. The number of H-pyrrole nitrogens is 1.